The summed E-state index contributed by atoms with van der Waals surface area (Å²) in [7, 11) is 0. The Balaban J connectivity index is 1.83. The SMILES string of the molecule is FC(F)(F)c1cccc(-n2c(-c3ccccc3)nc3c4cccnc4c4ncccc4c32)c1. The van der Waals surface area contributed by atoms with Crippen LogP contribution < -0.4 is 0 Å². The minimum Gasteiger partial charge on any atom is -0.292 e. The van der Waals surface area contributed by atoms with Crippen molar-refractivity contribution in [2.45, 2.75) is 6.18 Å². The Labute approximate surface area is 186 Å². The summed E-state index contributed by atoms with van der Waals surface area (Å²) in [6.07, 6.45) is -1.07. The lowest BCUT2D eigenvalue weighted by Crippen LogP contribution is -2.06. The molecule has 6 aromatic rings. The van der Waals surface area contributed by atoms with Crippen LogP contribution in [0.25, 0.3) is 49.9 Å². The molecule has 3 heterocycles. The number of hydrogen-bond acceptors (Lipinski definition) is 3. The van der Waals surface area contributed by atoms with Crippen LogP contribution in [0.2, 0.25) is 0 Å². The maximum absolute atomic E-state index is 13.6. The van der Waals surface area contributed by atoms with Crippen LogP contribution >= 0.6 is 0 Å². The molecule has 7 heteroatoms. The lowest BCUT2D eigenvalue weighted by atomic mass is 10.1. The van der Waals surface area contributed by atoms with Gasteiger partial charge in [0, 0.05) is 34.4 Å². The highest BCUT2D eigenvalue weighted by Gasteiger charge is 2.31. The molecule has 0 fully saturated rings. The van der Waals surface area contributed by atoms with Crippen molar-refractivity contribution in [1.82, 2.24) is 19.5 Å². The first-order chi connectivity index (χ1) is 16.0. The number of hydrogen-bond donors (Lipinski definition) is 0. The second kappa shape index (κ2) is 7.13. The fourth-order valence-corrected chi connectivity index (χ4v) is 4.28. The molecule has 0 saturated heterocycles. The van der Waals surface area contributed by atoms with E-state index in [0.29, 0.717) is 33.6 Å². The number of benzene rings is 3. The average molecular weight is 440 g/mol. The molecule has 4 nitrogen and oxygen atoms in total. The van der Waals surface area contributed by atoms with E-state index >= 15 is 0 Å². The minimum atomic E-state index is -4.46. The number of halogens is 3. The van der Waals surface area contributed by atoms with Crippen LogP contribution in [0.3, 0.4) is 0 Å². The van der Waals surface area contributed by atoms with Crippen LogP contribution in [-0.4, -0.2) is 19.5 Å². The monoisotopic (exact) mass is 440 g/mol. The van der Waals surface area contributed by atoms with E-state index in [0.717, 1.165) is 28.5 Å². The van der Waals surface area contributed by atoms with Gasteiger partial charge in [0.15, 0.2) is 0 Å². The highest BCUT2D eigenvalue weighted by atomic mass is 19.4. The van der Waals surface area contributed by atoms with Crippen LogP contribution in [-0.2, 0) is 6.18 Å². The lowest BCUT2D eigenvalue weighted by Gasteiger charge is -2.14. The number of imidazole rings is 1. The van der Waals surface area contributed by atoms with Crippen molar-refractivity contribution in [3.63, 3.8) is 0 Å². The van der Waals surface area contributed by atoms with Gasteiger partial charge in [-0.3, -0.25) is 14.5 Å². The molecule has 0 unspecified atom stereocenters. The van der Waals surface area contributed by atoms with Crippen LogP contribution in [0.4, 0.5) is 13.2 Å². The topological polar surface area (TPSA) is 43.6 Å². The third-order valence-corrected chi connectivity index (χ3v) is 5.69. The van der Waals surface area contributed by atoms with E-state index in [9.17, 15) is 13.2 Å². The summed E-state index contributed by atoms with van der Waals surface area (Å²) in [5.41, 5.74) is 3.18. The lowest BCUT2D eigenvalue weighted by molar-refractivity contribution is -0.137. The van der Waals surface area contributed by atoms with Crippen molar-refractivity contribution in [1.29, 1.82) is 0 Å². The molecule has 0 atom stereocenters. The Morgan fingerprint density at radius 2 is 1.36 bits per heavy atom. The van der Waals surface area contributed by atoms with E-state index in [1.807, 2.05) is 54.6 Å². The molecular formula is C26H15F3N4. The molecular weight excluding hydrogens is 425 g/mol. The van der Waals surface area contributed by atoms with E-state index in [-0.39, 0.29) is 0 Å². The molecule has 3 aromatic heterocycles. The molecule has 0 amide bonds. The zero-order chi connectivity index (χ0) is 22.6. The molecule has 33 heavy (non-hydrogen) atoms. The van der Waals surface area contributed by atoms with Crippen LogP contribution in [0.1, 0.15) is 5.56 Å². The van der Waals surface area contributed by atoms with Gasteiger partial charge < -0.3 is 0 Å². The second-order valence-electron chi connectivity index (χ2n) is 7.68. The number of nitrogens with zero attached hydrogens (tertiary/aromatic N) is 4. The van der Waals surface area contributed by atoms with Gasteiger partial charge in [0.1, 0.15) is 5.82 Å². The van der Waals surface area contributed by atoms with Crippen molar-refractivity contribution < 1.29 is 13.2 Å². The molecule has 160 valence electrons. The van der Waals surface area contributed by atoms with E-state index in [1.165, 1.54) is 6.07 Å². The maximum atomic E-state index is 13.6. The van der Waals surface area contributed by atoms with Crippen LogP contribution in [0, 0.1) is 0 Å². The summed E-state index contributed by atoms with van der Waals surface area (Å²) < 4.78 is 42.5. The fraction of sp³-hybridized carbons (Fsp3) is 0.0385. The van der Waals surface area contributed by atoms with E-state index in [1.54, 1.807) is 23.0 Å². The predicted octanol–water partition coefficient (Wildman–Crippen LogP) is 6.81. The average Bonchev–Trinajstić information content (AvgIpc) is 3.26. The normalized spacial score (nSPS) is 12.1. The van der Waals surface area contributed by atoms with Gasteiger partial charge >= 0.3 is 6.18 Å². The first-order valence-corrected chi connectivity index (χ1v) is 10.3. The molecule has 0 N–H and O–H groups in total. The molecule has 0 radical (unpaired) electrons. The van der Waals surface area contributed by atoms with Gasteiger partial charge in [0.25, 0.3) is 0 Å². The largest absolute Gasteiger partial charge is 0.416 e. The molecule has 6 rings (SSSR count). The Hall–Kier alpha value is -4.26. The Morgan fingerprint density at radius 1 is 0.667 bits per heavy atom. The number of alkyl halides is 3. The third-order valence-electron chi connectivity index (χ3n) is 5.69. The van der Waals surface area contributed by atoms with Gasteiger partial charge in [-0.2, -0.15) is 13.2 Å². The first-order valence-electron chi connectivity index (χ1n) is 10.3. The van der Waals surface area contributed by atoms with Crippen molar-refractivity contribution in [3.05, 3.63) is 96.8 Å². The van der Waals surface area contributed by atoms with E-state index < -0.39 is 11.7 Å². The molecule has 0 aliphatic rings. The summed E-state index contributed by atoms with van der Waals surface area (Å²) >= 11 is 0. The van der Waals surface area contributed by atoms with E-state index in [4.69, 9.17) is 4.98 Å². The van der Waals surface area contributed by atoms with Crippen molar-refractivity contribution in [3.8, 4) is 17.1 Å². The smallest absolute Gasteiger partial charge is 0.292 e. The number of rotatable bonds is 2. The predicted molar refractivity (Wildman–Crippen MR) is 122 cm³/mol. The van der Waals surface area contributed by atoms with Crippen molar-refractivity contribution >= 4 is 32.8 Å². The standard InChI is InChI=1S/C26H15F3N4/c27-26(28,29)17-9-4-10-18(15-17)33-24-20-12-6-14-31-22(20)21-19(11-5-13-30-21)23(24)32-25(33)16-7-2-1-3-8-16/h1-15H. The maximum Gasteiger partial charge on any atom is 0.416 e. The second-order valence-corrected chi connectivity index (χ2v) is 7.68. The molecule has 0 aliphatic carbocycles. The minimum absolute atomic E-state index is 0.375. The number of pyridine rings is 2. The Bertz CT molecular complexity index is 1650. The van der Waals surface area contributed by atoms with Gasteiger partial charge in [-0.25, -0.2) is 4.98 Å². The highest BCUT2D eigenvalue weighted by molar-refractivity contribution is 6.21. The number of fused-ring (bicyclic) bond motifs is 6. The first kappa shape index (κ1) is 19.4. The summed E-state index contributed by atoms with van der Waals surface area (Å²) in [5, 5.41) is 1.56. The summed E-state index contributed by atoms with van der Waals surface area (Å²) in [5.74, 6) is 0.548. The Morgan fingerprint density at radius 3 is 2.09 bits per heavy atom. The van der Waals surface area contributed by atoms with Gasteiger partial charge in [-0.1, -0.05) is 36.4 Å². The molecule has 0 bridgehead atoms. The fourth-order valence-electron chi connectivity index (χ4n) is 4.28. The van der Waals surface area contributed by atoms with Gasteiger partial charge in [0.05, 0.1) is 27.6 Å². The van der Waals surface area contributed by atoms with Crippen LogP contribution in [0.15, 0.2) is 91.3 Å². The zero-order valence-corrected chi connectivity index (χ0v) is 17.1. The molecule has 3 aromatic carbocycles. The van der Waals surface area contributed by atoms with Gasteiger partial charge in [-0.05, 0) is 42.5 Å². The van der Waals surface area contributed by atoms with Crippen LogP contribution in [0.5, 0.6) is 0 Å². The molecule has 0 saturated carbocycles. The zero-order valence-electron chi connectivity index (χ0n) is 17.1. The quantitative estimate of drug-likeness (QED) is 0.278. The van der Waals surface area contributed by atoms with Crippen molar-refractivity contribution in [2.75, 3.05) is 0 Å². The molecule has 0 aliphatic heterocycles. The number of aromatic nitrogens is 4. The summed E-state index contributed by atoms with van der Waals surface area (Å²) in [6.45, 7) is 0. The molecule has 0 spiro atoms. The van der Waals surface area contributed by atoms with Crippen molar-refractivity contribution in [2.24, 2.45) is 0 Å². The third kappa shape index (κ3) is 3.04. The highest BCUT2D eigenvalue weighted by Crippen LogP contribution is 2.38. The van der Waals surface area contributed by atoms with E-state index in [2.05, 4.69) is 9.97 Å². The Kier molecular flexibility index (Phi) is 4.20. The summed E-state index contributed by atoms with van der Waals surface area (Å²) in [6, 6.07) is 22.2. The van der Waals surface area contributed by atoms with Gasteiger partial charge in [-0.15, -0.1) is 0 Å². The van der Waals surface area contributed by atoms with Gasteiger partial charge in [0.2, 0.25) is 0 Å². The summed E-state index contributed by atoms with van der Waals surface area (Å²) in [4.78, 5) is 14.0.